The van der Waals surface area contributed by atoms with Crippen LogP contribution in [-0.4, -0.2) is 47.6 Å². The van der Waals surface area contributed by atoms with Gasteiger partial charge in [0.25, 0.3) is 23.3 Å². The van der Waals surface area contributed by atoms with Crippen molar-refractivity contribution in [3.63, 3.8) is 0 Å². The standard InChI is InChI=1S/C11H14N4O4/c1-15-9(17)10(4-2-6-12-18-10)14-8(16)11(15)5-3-7-13-19-11/h6-7H,2-5H2,1H3,(H,14,16). The number of likely N-dealkylation sites (N-methyl/N-ethyl adjacent to an activating group) is 1. The van der Waals surface area contributed by atoms with Crippen LogP contribution >= 0.6 is 0 Å². The Kier molecular flexibility index (Phi) is 2.48. The fraction of sp³-hybridized carbons (Fsp3) is 0.636. The molecule has 3 aliphatic rings. The van der Waals surface area contributed by atoms with Crippen LogP contribution in [0.1, 0.15) is 25.7 Å². The molecular weight excluding hydrogens is 252 g/mol. The number of rotatable bonds is 0. The Bertz CT molecular complexity index is 491. The maximum absolute atomic E-state index is 12.5. The maximum Gasteiger partial charge on any atom is 0.294 e. The molecule has 2 amide bonds. The molecular formula is C11H14N4O4. The van der Waals surface area contributed by atoms with E-state index in [1.54, 1.807) is 12.4 Å². The molecule has 2 unspecified atom stereocenters. The van der Waals surface area contributed by atoms with Crippen LogP contribution in [0.4, 0.5) is 0 Å². The van der Waals surface area contributed by atoms with Gasteiger partial charge in [0.1, 0.15) is 0 Å². The number of carbonyl (C=O) groups excluding carboxylic acids is 2. The molecule has 8 nitrogen and oxygen atoms in total. The predicted molar refractivity (Wildman–Crippen MR) is 64.0 cm³/mol. The molecule has 0 aliphatic carbocycles. The van der Waals surface area contributed by atoms with Crippen LogP contribution in [0, 0.1) is 0 Å². The van der Waals surface area contributed by atoms with Gasteiger partial charge in [-0.25, -0.2) is 0 Å². The van der Waals surface area contributed by atoms with E-state index in [1.807, 2.05) is 0 Å². The van der Waals surface area contributed by atoms with Crippen LogP contribution in [0.15, 0.2) is 10.3 Å². The van der Waals surface area contributed by atoms with Gasteiger partial charge >= 0.3 is 0 Å². The fourth-order valence-corrected chi connectivity index (χ4v) is 2.51. The van der Waals surface area contributed by atoms with Crippen molar-refractivity contribution < 1.29 is 19.3 Å². The van der Waals surface area contributed by atoms with E-state index >= 15 is 0 Å². The van der Waals surface area contributed by atoms with E-state index in [9.17, 15) is 9.59 Å². The number of nitrogens with one attached hydrogen (secondary N) is 1. The lowest BCUT2D eigenvalue weighted by molar-refractivity contribution is -0.224. The Hall–Kier alpha value is -2.12. The smallest absolute Gasteiger partial charge is 0.294 e. The van der Waals surface area contributed by atoms with Crippen LogP contribution in [0.3, 0.4) is 0 Å². The Labute approximate surface area is 109 Å². The summed E-state index contributed by atoms with van der Waals surface area (Å²) in [5.41, 5.74) is -2.78. The first kappa shape index (κ1) is 11.9. The van der Waals surface area contributed by atoms with Crippen molar-refractivity contribution in [3.05, 3.63) is 0 Å². The van der Waals surface area contributed by atoms with Crippen molar-refractivity contribution in [3.8, 4) is 0 Å². The molecule has 0 saturated carbocycles. The van der Waals surface area contributed by atoms with E-state index in [0.717, 1.165) is 0 Å². The van der Waals surface area contributed by atoms with Crippen LogP contribution in [0.25, 0.3) is 0 Å². The van der Waals surface area contributed by atoms with E-state index in [-0.39, 0.29) is 5.91 Å². The van der Waals surface area contributed by atoms with Gasteiger partial charge in [0, 0.05) is 32.3 Å². The lowest BCUT2D eigenvalue weighted by atomic mass is 9.94. The number of carbonyl (C=O) groups is 2. The van der Waals surface area contributed by atoms with E-state index in [0.29, 0.717) is 25.7 Å². The summed E-state index contributed by atoms with van der Waals surface area (Å²) >= 11 is 0. The average Bonchev–Trinajstić information content (AvgIpc) is 2.46. The van der Waals surface area contributed by atoms with Gasteiger partial charge < -0.3 is 15.0 Å². The largest absolute Gasteiger partial charge is 0.357 e. The highest BCUT2D eigenvalue weighted by atomic mass is 16.7. The Morgan fingerprint density at radius 3 is 2.47 bits per heavy atom. The molecule has 2 spiro atoms. The van der Waals surface area contributed by atoms with Gasteiger partial charge in [0.2, 0.25) is 0 Å². The minimum atomic E-state index is -1.41. The highest BCUT2D eigenvalue weighted by Gasteiger charge is 2.62. The summed E-state index contributed by atoms with van der Waals surface area (Å²) in [4.78, 5) is 36.5. The van der Waals surface area contributed by atoms with Gasteiger partial charge in [-0.15, -0.1) is 0 Å². The van der Waals surface area contributed by atoms with Crippen molar-refractivity contribution >= 4 is 24.2 Å². The number of hydrogen-bond donors (Lipinski definition) is 1. The number of oxime groups is 2. The van der Waals surface area contributed by atoms with E-state index in [1.165, 1.54) is 11.9 Å². The van der Waals surface area contributed by atoms with Gasteiger partial charge in [-0.1, -0.05) is 10.3 Å². The van der Waals surface area contributed by atoms with Crippen molar-refractivity contribution in [2.75, 3.05) is 7.05 Å². The second-order valence-electron chi connectivity index (χ2n) is 4.77. The number of nitrogens with zero attached hydrogens (tertiary/aromatic N) is 3. The molecule has 3 heterocycles. The van der Waals surface area contributed by atoms with E-state index in [4.69, 9.17) is 9.68 Å². The molecule has 102 valence electrons. The molecule has 8 heteroatoms. The van der Waals surface area contributed by atoms with Crippen molar-refractivity contribution in [1.82, 2.24) is 10.2 Å². The summed E-state index contributed by atoms with van der Waals surface area (Å²) < 4.78 is 0. The second kappa shape index (κ2) is 3.94. The number of piperazine rings is 1. The summed E-state index contributed by atoms with van der Waals surface area (Å²) in [6.07, 6.45) is 4.98. The van der Waals surface area contributed by atoms with Gasteiger partial charge in [-0.05, 0) is 12.8 Å². The fourth-order valence-electron chi connectivity index (χ4n) is 2.51. The van der Waals surface area contributed by atoms with Gasteiger partial charge in [0.15, 0.2) is 0 Å². The minimum absolute atomic E-state index is 0.352. The van der Waals surface area contributed by atoms with E-state index < -0.39 is 17.4 Å². The highest BCUT2D eigenvalue weighted by Crippen LogP contribution is 2.35. The Morgan fingerprint density at radius 1 is 1.21 bits per heavy atom. The molecule has 1 N–H and O–H groups in total. The highest BCUT2D eigenvalue weighted by molar-refractivity contribution is 6.01. The van der Waals surface area contributed by atoms with Crippen molar-refractivity contribution in [2.45, 2.75) is 37.1 Å². The van der Waals surface area contributed by atoms with Crippen LogP contribution in [0.5, 0.6) is 0 Å². The molecule has 0 bridgehead atoms. The quantitative estimate of drug-likeness (QED) is 0.643. The average molecular weight is 266 g/mol. The van der Waals surface area contributed by atoms with Crippen molar-refractivity contribution in [2.24, 2.45) is 10.3 Å². The topological polar surface area (TPSA) is 92.6 Å². The zero-order valence-electron chi connectivity index (χ0n) is 10.5. The molecule has 0 aromatic carbocycles. The number of amides is 2. The summed E-state index contributed by atoms with van der Waals surface area (Å²) in [7, 11) is 1.52. The third kappa shape index (κ3) is 1.52. The maximum atomic E-state index is 12.5. The molecule has 0 aromatic heterocycles. The second-order valence-corrected chi connectivity index (χ2v) is 4.77. The summed E-state index contributed by atoms with van der Waals surface area (Å²) in [6.45, 7) is 0. The lowest BCUT2D eigenvalue weighted by Gasteiger charge is -2.48. The van der Waals surface area contributed by atoms with Gasteiger partial charge in [-0.3, -0.25) is 14.5 Å². The Morgan fingerprint density at radius 2 is 1.89 bits per heavy atom. The minimum Gasteiger partial charge on any atom is -0.357 e. The molecule has 1 saturated heterocycles. The lowest BCUT2D eigenvalue weighted by Crippen LogP contribution is -2.76. The molecule has 0 radical (unpaired) electrons. The third-order valence-electron chi connectivity index (χ3n) is 3.66. The van der Waals surface area contributed by atoms with Crippen LogP contribution in [-0.2, 0) is 19.3 Å². The normalized spacial score (nSPS) is 37.2. The first-order chi connectivity index (χ1) is 9.11. The zero-order valence-corrected chi connectivity index (χ0v) is 10.5. The summed E-state index contributed by atoms with van der Waals surface area (Å²) in [6, 6.07) is 0. The SMILES string of the molecule is CN1C(=O)C2(CCC=NO2)NC(=O)C12CCC=NO2. The van der Waals surface area contributed by atoms with Gasteiger partial charge in [0.05, 0.1) is 0 Å². The molecule has 3 aliphatic heterocycles. The third-order valence-corrected chi connectivity index (χ3v) is 3.66. The van der Waals surface area contributed by atoms with Gasteiger partial charge in [-0.2, -0.15) is 0 Å². The van der Waals surface area contributed by atoms with E-state index in [2.05, 4.69) is 15.6 Å². The van der Waals surface area contributed by atoms with Crippen LogP contribution < -0.4 is 5.32 Å². The molecule has 3 rings (SSSR count). The molecule has 1 fully saturated rings. The number of hydrogen-bond acceptors (Lipinski definition) is 6. The first-order valence-corrected chi connectivity index (χ1v) is 6.12. The Balaban J connectivity index is 1.95. The van der Waals surface area contributed by atoms with Crippen molar-refractivity contribution in [1.29, 1.82) is 0 Å². The zero-order chi connectivity index (χ0) is 13.5. The van der Waals surface area contributed by atoms with Crippen LogP contribution in [0.2, 0.25) is 0 Å². The molecule has 19 heavy (non-hydrogen) atoms. The first-order valence-electron chi connectivity index (χ1n) is 6.12. The summed E-state index contributed by atoms with van der Waals surface area (Å²) in [5.74, 6) is -0.801. The predicted octanol–water partition coefficient (Wildman–Crippen LogP) is -0.440. The molecule has 0 aromatic rings. The monoisotopic (exact) mass is 266 g/mol. The molecule has 2 atom stereocenters. The summed E-state index contributed by atoms with van der Waals surface area (Å²) in [5, 5.41) is 9.93.